The molecular weight excluding hydrogens is 366 g/mol. The van der Waals surface area contributed by atoms with Gasteiger partial charge < -0.3 is 40.9 Å². The van der Waals surface area contributed by atoms with Gasteiger partial charge in [0.2, 0.25) is 0 Å². The lowest BCUT2D eigenvalue weighted by molar-refractivity contribution is -0.286. The number of nitrogens with two attached hydrogens (primary N) is 3. The van der Waals surface area contributed by atoms with Gasteiger partial charge in [0.05, 0.1) is 17.7 Å². The average Bonchev–Trinajstić information content (AvgIpc) is 2.70. The van der Waals surface area contributed by atoms with E-state index in [1.807, 2.05) is 5.43 Å². The molecule has 0 radical (unpaired) electrons. The lowest BCUT2D eigenvalue weighted by atomic mass is 10.00. The second kappa shape index (κ2) is 10.7. The van der Waals surface area contributed by atoms with Crippen LogP contribution in [0.15, 0.2) is 29.4 Å². The maximum absolute atomic E-state index is 11.3. The Hall–Kier alpha value is -2.36. The Morgan fingerprint density at radius 3 is 2.22 bits per heavy atom. The molecule has 1 amide bonds. The summed E-state index contributed by atoms with van der Waals surface area (Å²) >= 11 is 0. The van der Waals surface area contributed by atoms with E-state index in [2.05, 4.69) is 14.7 Å². The highest BCUT2D eigenvalue weighted by atomic mass is 16.6. The number of nitrogens with one attached hydrogen (secondary N) is 1. The first-order valence-corrected chi connectivity index (χ1v) is 7.55. The molecule has 0 unspecified atom stereocenters. The van der Waals surface area contributed by atoms with Gasteiger partial charge in [0, 0.05) is 0 Å². The van der Waals surface area contributed by atoms with Crippen molar-refractivity contribution in [2.24, 2.45) is 22.7 Å². The predicted octanol–water partition coefficient (Wildman–Crippen LogP) is -4.42. The van der Waals surface area contributed by atoms with Crippen molar-refractivity contribution in [1.29, 1.82) is 0 Å². The van der Waals surface area contributed by atoms with Gasteiger partial charge >= 0.3 is 0 Å². The van der Waals surface area contributed by atoms with Gasteiger partial charge in [-0.1, -0.05) is 12.1 Å². The number of nitrogen functional groups attached to an aromatic ring is 1. The zero-order valence-electron chi connectivity index (χ0n) is 14.0. The van der Waals surface area contributed by atoms with Crippen molar-refractivity contribution >= 4 is 11.8 Å². The molecule has 152 valence electrons. The van der Waals surface area contributed by atoms with E-state index in [9.17, 15) is 4.79 Å². The maximum atomic E-state index is 11.3. The number of hydrogen-bond acceptors (Lipinski definition) is 12. The van der Waals surface area contributed by atoms with Gasteiger partial charge in [0.1, 0.15) is 24.4 Å². The lowest BCUT2D eigenvalue weighted by Crippen LogP contribution is -2.58. The van der Waals surface area contributed by atoms with Crippen molar-refractivity contribution in [2.75, 3.05) is 6.61 Å². The highest BCUT2D eigenvalue weighted by molar-refractivity contribution is 6.06. The first-order valence-electron chi connectivity index (χ1n) is 7.55. The first-order chi connectivity index (χ1) is 12.8. The van der Waals surface area contributed by atoms with Crippen LogP contribution < -0.4 is 23.0 Å². The number of amides is 1. The molecule has 2 rings (SSSR count). The third-order valence-corrected chi connectivity index (χ3v) is 3.63. The molecule has 1 aromatic carbocycles. The second-order valence-electron chi connectivity index (χ2n) is 5.29. The normalized spacial score (nSPS) is 28.0. The highest BCUT2D eigenvalue weighted by Gasteiger charge is 2.42. The molecule has 5 atom stereocenters. The number of carbonyl (C=O) groups excluding carboxylic acids is 1. The van der Waals surface area contributed by atoms with Crippen molar-refractivity contribution in [2.45, 2.75) is 30.7 Å². The van der Waals surface area contributed by atoms with E-state index in [-0.39, 0.29) is 11.5 Å². The molecule has 1 heterocycles. The molecule has 13 heteroatoms. The van der Waals surface area contributed by atoms with Gasteiger partial charge in [-0.2, -0.15) is 5.90 Å². The summed E-state index contributed by atoms with van der Waals surface area (Å²) in [7, 11) is 0. The Morgan fingerprint density at radius 1 is 1.15 bits per heavy atom. The summed E-state index contributed by atoms with van der Waals surface area (Å²) in [6, 6.07) is 6.48. The summed E-state index contributed by atoms with van der Waals surface area (Å²) in [6.45, 7) is -0.526. The fourth-order valence-corrected chi connectivity index (χ4v) is 2.19. The molecule has 0 bridgehead atoms. The Kier molecular flexibility index (Phi) is 8.99. The molecule has 13 nitrogen and oxygen atoms in total. The average molecular weight is 389 g/mol. The number of carbonyl (C=O) groups is 1. The Balaban J connectivity index is 0.000000277. The predicted molar refractivity (Wildman–Crippen MR) is 90.1 cm³/mol. The molecule has 1 aromatic rings. The van der Waals surface area contributed by atoms with Gasteiger partial charge in [-0.3, -0.25) is 10.2 Å². The topological polar surface area (TPSA) is 239 Å². The Labute approximate surface area is 153 Å². The van der Waals surface area contributed by atoms with Crippen LogP contribution in [-0.2, 0) is 9.57 Å². The zero-order valence-corrected chi connectivity index (χ0v) is 14.0. The molecule has 0 aromatic heterocycles. The van der Waals surface area contributed by atoms with Gasteiger partial charge in [0.15, 0.2) is 6.29 Å². The smallest absolute Gasteiger partial charge is 0.265 e. The van der Waals surface area contributed by atoms with Crippen LogP contribution in [0.25, 0.3) is 0 Å². The van der Waals surface area contributed by atoms with E-state index < -0.39 is 43.2 Å². The summed E-state index contributed by atoms with van der Waals surface area (Å²) in [5, 5.41) is 48.0. The van der Waals surface area contributed by atoms with E-state index in [0.717, 1.165) is 0 Å². The number of aliphatic hydroxyl groups excluding tert-OH is 5. The standard InChI is InChI=1S/C8H11N5O2.C6H12O6/c9-12-7(14)5-3-1-2-4-6(5)8(13-10)15-11;7-1-2-3(8)4(9)5(10)6(11)12-2/h1-4H,9-11H2,(H,12,14);2-11H,1H2/t;2-,3+,4+,5-,6-/m.1/s1. The number of hydrogen-bond donors (Lipinski definition) is 9. The van der Waals surface area contributed by atoms with Crippen molar-refractivity contribution in [3.8, 4) is 0 Å². The summed E-state index contributed by atoms with van der Waals surface area (Å²) in [5.74, 6) is 14.5. The van der Waals surface area contributed by atoms with E-state index in [1.165, 1.54) is 0 Å². The quantitative estimate of drug-likeness (QED) is 0.0785. The minimum atomic E-state index is -1.57. The third-order valence-electron chi connectivity index (χ3n) is 3.63. The van der Waals surface area contributed by atoms with Crippen LogP contribution in [0, 0.1) is 0 Å². The van der Waals surface area contributed by atoms with E-state index in [0.29, 0.717) is 5.56 Å². The molecule has 1 fully saturated rings. The third kappa shape index (κ3) is 5.56. The first kappa shape index (κ1) is 22.7. The number of aliphatic hydroxyl groups is 5. The van der Waals surface area contributed by atoms with Crippen molar-refractivity contribution in [3.63, 3.8) is 0 Å². The monoisotopic (exact) mass is 389 g/mol. The molecule has 1 saturated heterocycles. The summed E-state index contributed by atoms with van der Waals surface area (Å²) in [6.07, 6.45) is -7.04. The Bertz CT molecular complexity index is 641. The van der Waals surface area contributed by atoms with Gasteiger partial charge in [-0.05, 0) is 12.1 Å². The lowest BCUT2D eigenvalue weighted by Gasteiger charge is -2.37. The minimum absolute atomic E-state index is 0.0470. The van der Waals surface area contributed by atoms with Crippen LogP contribution in [0.2, 0.25) is 0 Å². The fourth-order valence-electron chi connectivity index (χ4n) is 2.19. The SMILES string of the molecule is NN=C(ON)c1ccccc1C(=O)NN.OC[C@H]1O[C@@H](O)[C@H](O)[C@@H](O)[C@H]1O. The van der Waals surface area contributed by atoms with E-state index in [1.54, 1.807) is 24.3 Å². The molecule has 1 aliphatic rings. The summed E-state index contributed by atoms with van der Waals surface area (Å²) in [5.41, 5.74) is 2.63. The number of hydrazone groups is 1. The van der Waals surface area contributed by atoms with Crippen molar-refractivity contribution in [3.05, 3.63) is 35.4 Å². The van der Waals surface area contributed by atoms with Crippen molar-refractivity contribution < 1.29 is 39.9 Å². The number of hydrazine groups is 1. The highest BCUT2D eigenvalue weighted by Crippen LogP contribution is 2.19. The van der Waals surface area contributed by atoms with Crippen LogP contribution >= 0.6 is 0 Å². The zero-order chi connectivity index (χ0) is 20.6. The Morgan fingerprint density at radius 2 is 1.74 bits per heavy atom. The molecule has 0 saturated carbocycles. The number of nitrogens with zero attached hydrogens (tertiary/aromatic N) is 1. The van der Waals surface area contributed by atoms with Gasteiger partial charge in [0.25, 0.3) is 11.8 Å². The molecule has 0 aliphatic carbocycles. The van der Waals surface area contributed by atoms with Crippen LogP contribution in [0.4, 0.5) is 0 Å². The number of benzene rings is 1. The minimum Gasteiger partial charge on any atom is -0.394 e. The van der Waals surface area contributed by atoms with Crippen molar-refractivity contribution in [1.82, 2.24) is 5.43 Å². The molecule has 12 N–H and O–H groups in total. The maximum Gasteiger partial charge on any atom is 0.265 e. The van der Waals surface area contributed by atoms with E-state index in [4.69, 9.17) is 43.1 Å². The number of ether oxygens (including phenoxy) is 1. The van der Waals surface area contributed by atoms with Gasteiger partial charge in [-0.25, -0.2) is 5.84 Å². The van der Waals surface area contributed by atoms with Crippen LogP contribution in [-0.4, -0.2) is 74.7 Å². The second-order valence-corrected chi connectivity index (χ2v) is 5.29. The molecule has 27 heavy (non-hydrogen) atoms. The fraction of sp³-hybridized carbons (Fsp3) is 0.429. The van der Waals surface area contributed by atoms with E-state index >= 15 is 0 Å². The van der Waals surface area contributed by atoms with Gasteiger partial charge in [-0.15, -0.1) is 5.10 Å². The van der Waals surface area contributed by atoms with Crippen LogP contribution in [0.5, 0.6) is 0 Å². The van der Waals surface area contributed by atoms with Crippen LogP contribution in [0.3, 0.4) is 0 Å². The largest absolute Gasteiger partial charge is 0.394 e. The van der Waals surface area contributed by atoms with Crippen LogP contribution in [0.1, 0.15) is 15.9 Å². The summed E-state index contributed by atoms with van der Waals surface area (Å²) < 4.78 is 4.58. The molecule has 1 aliphatic heterocycles. The molecular formula is C14H23N5O8. The summed E-state index contributed by atoms with van der Waals surface area (Å²) in [4.78, 5) is 15.8. The number of rotatable bonds is 3. The molecule has 0 spiro atoms.